The zero-order valence-corrected chi connectivity index (χ0v) is 11.0. The van der Waals surface area contributed by atoms with Crippen LogP contribution < -0.4 is 10.6 Å². The fourth-order valence-corrected chi connectivity index (χ4v) is 1.66. The van der Waals surface area contributed by atoms with Gasteiger partial charge in [-0.05, 0) is 19.0 Å². The van der Waals surface area contributed by atoms with Gasteiger partial charge in [-0.2, -0.15) is 17.6 Å². The molecule has 0 amide bonds. The first-order valence-corrected chi connectivity index (χ1v) is 6.07. The quantitative estimate of drug-likeness (QED) is 0.774. The maximum Gasteiger partial charge on any atom is 0.266 e. The fourth-order valence-electron chi connectivity index (χ4n) is 1.55. The Kier molecular flexibility index (Phi) is 3.60. The van der Waals surface area contributed by atoms with Crippen LogP contribution in [0.25, 0.3) is 0 Å². The molecule has 6 nitrogen and oxygen atoms in total. The van der Waals surface area contributed by atoms with Crippen molar-refractivity contribution in [2.24, 2.45) is 5.73 Å². The predicted octanol–water partition coefficient (Wildman–Crippen LogP) is 0.614. The van der Waals surface area contributed by atoms with Gasteiger partial charge in [-0.15, -0.1) is 0 Å². The van der Waals surface area contributed by atoms with Crippen molar-refractivity contribution >= 4 is 18.6 Å². The first kappa shape index (κ1) is 12.7. The molecule has 1 fully saturated rings. The maximum atomic E-state index is 6.00. The molecule has 2 rings (SSSR count). The van der Waals surface area contributed by atoms with E-state index in [-0.39, 0.29) is 6.04 Å². The molecule has 1 aromatic rings. The van der Waals surface area contributed by atoms with Crippen molar-refractivity contribution in [2.45, 2.75) is 24.6 Å². The third-order valence-electron chi connectivity index (χ3n) is 2.75. The Bertz CT molecular complexity index is 371. The van der Waals surface area contributed by atoms with Gasteiger partial charge < -0.3 is 19.9 Å². The lowest BCUT2D eigenvalue weighted by Gasteiger charge is -2.25. The lowest BCUT2D eigenvalue weighted by molar-refractivity contribution is 0.121. The highest BCUT2D eigenvalue weighted by Crippen LogP contribution is 2.28. The average molecular weight is 258 g/mol. The second-order valence-electron chi connectivity index (χ2n) is 4.66. The van der Waals surface area contributed by atoms with Crippen molar-refractivity contribution < 1.29 is 9.26 Å². The van der Waals surface area contributed by atoms with Crippen molar-refractivity contribution in [1.82, 2.24) is 10.1 Å². The molecule has 96 valence electrons. The maximum absolute atomic E-state index is 6.00. The number of aromatic nitrogens is 2. The molecule has 0 radical (unpaired) electrons. The number of hydrogen-bond donors (Lipinski definition) is 2. The lowest BCUT2D eigenvalue weighted by Crippen LogP contribution is -2.37. The molecule has 1 aromatic heterocycles. The Morgan fingerprint density at radius 2 is 2.06 bits per heavy atom. The molecule has 2 heterocycles. The molecule has 1 atom stereocenters. The van der Waals surface area contributed by atoms with Crippen LogP contribution in [0.15, 0.2) is 4.52 Å². The highest BCUT2D eigenvalue weighted by molar-refractivity contribution is 7.81. The van der Waals surface area contributed by atoms with Crippen LogP contribution in [0.5, 0.6) is 0 Å². The highest BCUT2D eigenvalue weighted by Gasteiger charge is 2.29. The van der Waals surface area contributed by atoms with Gasteiger partial charge in [0, 0.05) is 17.8 Å². The smallest absolute Gasteiger partial charge is 0.266 e. The fraction of sp³-hybridized carbons (Fsp3) is 0.800. The number of nitrogens with zero attached hydrogens (tertiary/aromatic N) is 3. The predicted molar refractivity (Wildman–Crippen MR) is 67.3 cm³/mol. The Hall–Kier alpha value is -0.790. The van der Waals surface area contributed by atoms with Crippen LogP contribution in [0.2, 0.25) is 0 Å². The van der Waals surface area contributed by atoms with Gasteiger partial charge in [-0.25, -0.2) is 0 Å². The first-order chi connectivity index (χ1) is 7.98. The van der Waals surface area contributed by atoms with E-state index < -0.39 is 4.75 Å². The van der Waals surface area contributed by atoms with Gasteiger partial charge in [0.1, 0.15) is 0 Å². The summed E-state index contributed by atoms with van der Waals surface area (Å²) in [6.45, 7) is 6.76. The van der Waals surface area contributed by atoms with Crippen molar-refractivity contribution in [1.29, 1.82) is 0 Å². The molecule has 1 aliphatic rings. The van der Waals surface area contributed by atoms with Crippen LogP contribution in [0.1, 0.15) is 25.8 Å². The zero-order chi connectivity index (χ0) is 12.5. The molecule has 2 N–H and O–H groups in total. The van der Waals surface area contributed by atoms with Crippen LogP contribution in [-0.4, -0.2) is 41.2 Å². The van der Waals surface area contributed by atoms with E-state index in [0.29, 0.717) is 25.1 Å². The van der Waals surface area contributed by atoms with Gasteiger partial charge in [0.05, 0.1) is 19.3 Å². The largest absolute Gasteiger partial charge is 0.378 e. The Morgan fingerprint density at radius 3 is 2.65 bits per heavy atom. The second kappa shape index (κ2) is 4.83. The molecule has 1 aliphatic heterocycles. The topological polar surface area (TPSA) is 77.4 Å². The van der Waals surface area contributed by atoms with Gasteiger partial charge in [-0.1, -0.05) is 0 Å². The van der Waals surface area contributed by atoms with Crippen molar-refractivity contribution in [3.8, 4) is 0 Å². The first-order valence-electron chi connectivity index (χ1n) is 5.63. The van der Waals surface area contributed by atoms with E-state index in [1.165, 1.54) is 0 Å². The summed E-state index contributed by atoms with van der Waals surface area (Å²) < 4.78 is 10.1. The summed E-state index contributed by atoms with van der Waals surface area (Å²) in [6.07, 6.45) is 0. The molecule has 0 spiro atoms. The summed E-state index contributed by atoms with van der Waals surface area (Å²) in [6, 6.07) is -0.381. The summed E-state index contributed by atoms with van der Waals surface area (Å²) in [5.74, 6) is 1.00. The second-order valence-corrected chi connectivity index (χ2v) is 5.82. The van der Waals surface area contributed by atoms with E-state index in [1.807, 2.05) is 18.7 Å². The van der Waals surface area contributed by atoms with Crippen LogP contribution in [-0.2, 0) is 4.74 Å². The molecule has 0 saturated carbocycles. The molecule has 7 heteroatoms. The lowest BCUT2D eigenvalue weighted by atomic mass is 10.0. The molecule has 0 bridgehead atoms. The van der Waals surface area contributed by atoms with E-state index in [9.17, 15) is 0 Å². The summed E-state index contributed by atoms with van der Waals surface area (Å²) in [5.41, 5.74) is 6.00. The van der Waals surface area contributed by atoms with E-state index in [2.05, 4.69) is 22.8 Å². The molecule has 0 aromatic carbocycles. The zero-order valence-electron chi connectivity index (χ0n) is 10.1. The van der Waals surface area contributed by atoms with E-state index in [0.717, 1.165) is 13.1 Å². The van der Waals surface area contributed by atoms with Gasteiger partial charge in [0.15, 0.2) is 0 Å². The number of rotatable bonds is 3. The molecular formula is C10H18N4O2S. The van der Waals surface area contributed by atoms with E-state index >= 15 is 0 Å². The van der Waals surface area contributed by atoms with Crippen LogP contribution >= 0.6 is 12.6 Å². The minimum Gasteiger partial charge on any atom is -0.378 e. The van der Waals surface area contributed by atoms with Crippen LogP contribution in [0.3, 0.4) is 0 Å². The minimum atomic E-state index is -0.394. The molecule has 0 aliphatic carbocycles. The number of nitrogens with two attached hydrogens (primary N) is 1. The highest BCUT2D eigenvalue weighted by atomic mass is 32.1. The normalized spacial score (nSPS) is 19.4. The van der Waals surface area contributed by atoms with Gasteiger partial charge in [-0.3, -0.25) is 0 Å². The minimum absolute atomic E-state index is 0.381. The van der Waals surface area contributed by atoms with Gasteiger partial charge in [0.2, 0.25) is 5.89 Å². The Balaban J connectivity index is 2.10. The third kappa shape index (κ3) is 2.91. The standard InChI is InChI=1S/C10H18N4O2S/c1-10(2,17)7(11)8-12-9(13-16-8)14-3-5-15-6-4-14/h7,17H,3-6,11H2,1-2H3/t7-/m0/s1. The number of anilines is 1. The van der Waals surface area contributed by atoms with E-state index in [1.54, 1.807) is 0 Å². The monoisotopic (exact) mass is 258 g/mol. The number of hydrogen-bond acceptors (Lipinski definition) is 7. The van der Waals surface area contributed by atoms with Crippen molar-refractivity contribution in [3.05, 3.63) is 5.89 Å². The van der Waals surface area contributed by atoms with Crippen molar-refractivity contribution in [3.63, 3.8) is 0 Å². The van der Waals surface area contributed by atoms with Crippen LogP contribution in [0.4, 0.5) is 5.95 Å². The SMILES string of the molecule is CC(C)(S)[C@@H](N)c1nc(N2CCOCC2)no1. The van der Waals surface area contributed by atoms with Crippen LogP contribution in [0, 0.1) is 0 Å². The van der Waals surface area contributed by atoms with Gasteiger partial charge >= 0.3 is 0 Å². The van der Waals surface area contributed by atoms with Crippen molar-refractivity contribution in [2.75, 3.05) is 31.2 Å². The number of thiol groups is 1. The van der Waals surface area contributed by atoms with E-state index in [4.69, 9.17) is 15.0 Å². The Labute approximate surface area is 106 Å². The molecule has 1 saturated heterocycles. The molecule has 0 unspecified atom stereocenters. The molecule has 17 heavy (non-hydrogen) atoms. The summed E-state index contributed by atoms with van der Waals surface area (Å²) >= 11 is 4.41. The number of morpholine rings is 1. The third-order valence-corrected chi connectivity index (χ3v) is 3.03. The average Bonchev–Trinajstić information content (AvgIpc) is 2.77. The summed E-state index contributed by atoms with van der Waals surface area (Å²) in [4.78, 5) is 6.34. The summed E-state index contributed by atoms with van der Waals surface area (Å²) in [5, 5.41) is 3.94. The molecular weight excluding hydrogens is 240 g/mol. The summed E-state index contributed by atoms with van der Waals surface area (Å²) in [7, 11) is 0. The Morgan fingerprint density at radius 1 is 1.41 bits per heavy atom. The van der Waals surface area contributed by atoms with Gasteiger partial charge in [0.25, 0.3) is 5.95 Å². The number of ether oxygens (including phenoxy) is 1.